The first-order chi connectivity index (χ1) is 14.4. The van der Waals surface area contributed by atoms with E-state index >= 15 is 0 Å². The monoisotopic (exact) mass is 509 g/mol. The van der Waals surface area contributed by atoms with Gasteiger partial charge in [-0.15, -0.1) is 22.9 Å². The topological polar surface area (TPSA) is 106 Å². The second kappa shape index (κ2) is 10.2. The first kappa shape index (κ1) is 25.5. The van der Waals surface area contributed by atoms with Crippen LogP contribution in [0.25, 0.3) is 0 Å². The second-order valence-electron chi connectivity index (χ2n) is 7.13. The Bertz CT molecular complexity index is 1070. The van der Waals surface area contributed by atoms with Crippen molar-refractivity contribution < 1.29 is 27.1 Å². The van der Waals surface area contributed by atoms with Gasteiger partial charge in [-0.2, -0.15) is 0 Å². The predicted octanol–water partition coefficient (Wildman–Crippen LogP) is 4.22. The fourth-order valence-electron chi connectivity index (χ4n) is 2.34. The Morgan fingerprint density at radius 2 is 2.03 bits per heavy atom. The van der Waals surface area contributed by atoms with Gasteiger partial charge in [0.25, 0.3) is 10.0 Å². The van der Waals surface area contributed by atoms with E-state index in [1.807, 2.05) is 0 Å². The molecule has 1 heterocycles. The molecular formula is C18H22ClFN3O5PS2. The number of carbonyl (C=O) groups is 2. The zero-order chi connectivity index (χ0) is 23.4. The summed E-state index contributed by atoms with van der Waals surface area (Å²) in [7, 11) is -4.53. The Hall–Kier alpha value is -1.81. The molecule has 31 heavy (non-hydrogen) atoms. The molecule has 0 aliphatic carbocycles. The average molecular weight is 510 g/mol. The number of amides is 1. The molecule has 0 aliphatic rings. The van der Waals surface area contributed by atoms with Gasteiger partial charge in [0, 0.05) is 12.3 Å². The highest BCUT2D eigenvalue weighted by Gasteiger charge is 2.32. The second-order valence-corrected chi connectivity index (χ2v) is 11.3. The molecule has 1 amide bonds. The van der Waals surface area contributed by atoms with E-state index in [-0.39, 0.29) is 42.3 Å². The maximum absolute atomic E-state index is 14.5. The molecule has 0 saturated carbocycles. The molecule has 1 aromatic carbocycles. The number of aromatic nitrogens is 1. The highest BCUT2D eigenvalue weighted by atomic mass is 35.5. The van der Waals surface area contributed by atoms with Crippen molar-refractivity contribution in [1.29, 1.82) is 0 Å². The lowest BCUT2D eigenvalue weighted by Crippen LogP contribution is -2.27. The highest BCUT2D eigenvalue weighted by Crippen LogP contribution is 2.38. The van der Waals surface area contributed by atoms with Crippen molar-refractivity contribution in [3.63, 3.8) is 0 Å². The summed E-state index contributed by atoms with van der Waals surface area (Å²) in [5.41, 5.74) is 0.256. The van der Waals surface area contributed by atoms with Crippen LogP contribution in [0.3, 0.4) is 0 Å². The quantitative estimate of drug-likeness (QED) is 0.324. The average Bonchev–Trinajstić information content (AvgIpc) is 3.12. The minimum absolute atomic E-state index is 0.00933. The molecule has 13 heteroatoms. The van der Waals surface area contributed by atoms with Gasteiger partial charge in [0.1, 0.15) is 16.4 Å². The molecule has 1 N–H and O–H groups in total. The molecule has 1 unspecified atom stereocenters. The fraction of sp³-hybridized carbons (Fsp3) is 0.389. The number of alkyl halides is 1. The molecule has 2 rings (SSSR count). The number of ether oxygens (including phenoxy) is 1. The first-order valence-corrected chi connectivity index (χ1v) is 13.3. The Kier molecular flexibility index (Phi) is 8.38. The molecule has 0 aliphatic heterocycles. The van der Waals surface area contributed by atoms with Crippen molar-refractivity contribution >= 4 is 64.3 Å². The van der Waals surface area contributed by atoms with E-state index in [2.05, 4.69) is 10.3 Å². The lowest BCUT2D eigenvalue weighted by atomic mass is 10.2. The summed E-state index contributed by atoms with van der Waals surface area (Å²) in [6.07, 6.45) is -0.00933. The minimum atomic E-state index is -4.22. The maximum atomic E-state index is 14.5. The zero-order valence-electron chi connectivity index (χ0n) is 17.2. The van der Waals surface area contributed by atoms with Crippen molar-refractivity contribution in [2.75, 3.05) is 21.9 Å². The van der Waals surface area contributed by atoms with E-state index < -0.39 is 33.3 Å². The van der Waals surface area contributed by atoms with Crippen LogP contribution in [-0.4, -0.2) is 43.4 Å². The van der Waals surface area contributed by atoms with Gasteiger partial charge >= 0.3 is 5.97 Å². The number of thiazole rings is 1. The number of rotatable bonds is 8. The number of sulfonamides is 1. The Morgan fingerprint density at radius 3 is 2.58 bits per heavy atom. The summed E-state index contributed by atoms with van der Waals surface area (Å²) < 4.78 is 47.2. The molecule has 0 radical (unpaired) electrons. The van der Waals surface area contributed by atoms with E-state index in [1.54, 1.807) is 27.4 Å². The van der Waals surface area contributed by atoms with E-state index in [0.717, 1.165) is 27.5 Å². The zero-order valence-corrected chi connectivity index (χ0v) is 20.6. The normalized spacial score (nSPS) is 12.2. The van der Waals surface area contributed by atoms with Crippen molar-refractivity contribution in [1.82, 2.24) is 4.98 Å². The van der Waals surface area contributed by atoms with Crippen LogP contribution in [0.2, 0.25) is 0 Å². The van der Waals surface area contributed by atoms with Crippen LogP contribution in [0.4, 0.5) is 15.1 Å². The van der Waals surface area contributed by atoms with E-state index in [0.29, 0.717) is 0 Å². The summed E-state index contributed by atoms with van der Waals surface area (Å²) in [6, 6.07) is 3.15. The first-order valence-electron chi connectivity index (χ1n) is 8.95. The van der Waals surface area contributed by atoms with E-state index in [9.17, 15) is 22.4 Å². The minimum Gasteiger partial charge on any atom is -0.455 e. The van der Waals surface area contributed by atoms with Gasteiger partial charge in [-0.05, 0) is 54.4 Å². The number of halogens is 2. The Labute approximate surface area is 191 Å². The number of hydrogen-bond donors (Lipinski definition) is 1. The molecule has 1 atom stereocenters. The maximum Gasteiger partial charge on any atom is 0.360 e. The van der Waals surface area contributed by atoms with Crippen molar-refractivity contribution in [2.45, 2.75) is 37.7 Å². The number of nitrogens with one attached hydrogen (secondary N) is 1. The number of carbonyl (C=O) groups excluding carboxylic acids is 2. The molecule has 0 saturated heterocycles. The smallest absolute Gasteiger partial charge is 0.360 e. The number of esters is 1. The molecule has 170 valence electrons. The van der Waals surface area contributed by atoms with E-state index in [4.69, 9.17) is 16.3 Å². The van der Waals surface area contributed by atoms with Crippen LogP contribution in [0, 0.1) is 5.82 Å². The van der Waals surface area contributed by atoms with Crippen molar-refractivity contribution in [3.8, 4) is 0 Å². The van der Waals surface area contributed by atoms with Gasteiger partial charge < -0.3 is 10.1 Å². The fourth-order valence-corrected chi connectivity index (χ4v) is 6.57. The van der Waals surface area contributed by atoms with Gasteiger partial charge in [0.05, 0.1) is 16.1 Å². The third kappa shape index (κ3) is 6.35. The summed E-state index contributed by atoms with van der Waals surface area (Å²) in [4.78, 5) is 27.7. The number of anilines is 2. The van der Waals surface area contributed by atoms with Crippen LogP contribution in [0.15, 0.2) is 28.6 Å². The van der Waals surface area contributed by atoms with Crippen LogP contribution in [0.1, 0.15) is 37.7 Å². The van der Waals surface area contributed by atoms with Gasteiger partial charge in [-0.25, -0.2) is 26.7 Å². The lowest BCUT2D eigenvalue weighted by molar-refractivity contribution is -0.115. The summed E-state index contributed by atoms with van der Waals surface area (Å²) in [6.45, 7) is 6.66. The number of nitrogens with zero attached hydrogens (tertiary/aromatic N) is 2. The third-order valence-corrected chi connectivity index (χ3v) is 8.29. The summed E-state index contributed by atoms with van der Waals surface area (Å²) >= 11 is 6.44. The van der Waals surface area contributed by atoms with Crippen LogP contribution in [0.5, 0.6) is 0 Å². The molecule has 2 aromatic rings. The van der Waals surface area contributed by atoms with Crippen molar-refractivity contribution in [3.05, 3.63) is 35.2 Å². The lowest BCUT2D eigenvalue weighted by Gasteiger charge is -2.23. The SMILES string of the molecule is CPN(c1scnc1C(=O)OC(C)(C)C)S(=O)(=O)c1ccc(NC(=O)CCCl)c(F)c1. The third-order valence-electron chi connectivity index (χ3n) is 3.60. The summed E-state index contributed by atoms with van der Waals surface area (Å²) in [5, 5.41) is 2.41. The van der Waals surface area contributed by atoms with Gasteiger partial charge in [-0.3, -0.25) is 4.79 Å². The largest absolute Gasteiger partial charge is 0.455 e. The summed E-state index contributed by atoms with van der Waals surface area (Å²) in [5.74, 6) is -2.10. The molecule has 1 aromatic heterocycles. The van der Waals surface area contributed by atoms with Crippen molar-refractivity contribution in [2.24, 2.45) is 0 Å². The molecule has 0 bridgehead atoms. The molecule has 0 fully saturated rings. The number of hydrogen-bond acceptors (Lipinski definition) is 7. The predicted molar refractivity (Wildman–Crippen MR) is 122 cm³/mol. The Balaban J connectivity index is 2.39. The van der Waals surface area contributed by atoms with Crippen LogP contribution >= 0.6 is 31.7 Å². The standard InChI is InChI=1S/C18H22ClFN3O5PS2/c1-18(2,3)28-17(25)15-16(30-10-21-15)23(29-4)31(26,27)11-5-6-13(12(20)9-11)22-14(24)7-8-19/h5-6,9-10,29H,7-8H2,1-4H3,(H,22,24). The number of benzene rings is 1. The molecule has 0 spiro atoms. The highest BCUT2D eigenvalue weighted by molar-refractivity contribution is 7.98. The van der Waals surface area contributed by atoms with Crippen LogP contribution in [-0.2, 0) is 19.6 Å². The van der Waals surface area contributed by atoms with Gasteiger partial charge in [0.15, 0.2) is 5.69 Å². The Morgan fingerprint density at radius 1 is 1.35 bits per heavy atom. The van der Waals surface area contributed by atoms with E-state index in [1.165, 1.54) is 11.6 Å². The van der Waals surface area contributed by atoms with Crippen LogP contribution < -0.4 is 9.39 Å². The van der Waals surface area contributed by atoms with Gasteiger partial charge in [-0.1, -0.05) is 0 Å². The molecular weight excluding hydrogens is 488 g/mol. The van der Waals surface area contributed by atoms with Gasteiger partial charge in [0.2, 0.25) is 5.91 Å². The molecule has 8 nitrogen and oxygen atoms in total.